The Morgan fingerprint density at radius 3 is 1.64 bits per heavy atom. The maximum atomic E-state index is 14.1. The summed E-state index contributed by atoms with van der Waals surface area (Å²) in [5, 5.41) is 44.5. The van der Waals surface area contributed by atoms with Crippen LogP contribution in [-0.2, 0) is 67.2 Å². The number of hydrazine groups is 1. The molecular formula is C59H84N16O13. The third kappa shape index (κ3) is 23.9. The fourth-order valence-electron chi connectivity index (χ4n) is 9.22. The summed E-state index contributed by atoms with van der Waals surface area (Å²) < 4.78 is 0. The van der Waals surface area contributed by atoms with Crippen LogP contribution in [0.3, 0.4) is 0 Å². The Labute approximate surface area is 509 Å². The summed E-state index contributed by atoms with van der Waals surface area (Å²) in [6.07, 6.45) is -0.735. The van der Waals surface area contributed by atoms with Crippen molar-refractivity contribution >= 4 is 82.0 Å². The molecule has 0 aliphatic heterocycles. The van der Waals surface area contributed by atoms with E-state index in [1.807, 2.05) is 24.3 Å². The largest absolute Gasteiger partial charge is 0.508 e. The number of aliphatic hydroxyl groups excluding tert-OH is 1. The van der Waals surface area contributed by atoms with E-state index >= 15 is 0 Å². The molecule has 88 heavy (non-hydrogen) atoms. The molecule has 1 heterocycles. The zero-order chi connectivity index (χ0) is 65.2. The van der Waals surface area contributed by atoms with Gasteiger partial charge in [-0.05, 0) is 79.3 Å². The number of rotatable bonds is 33. The van der Waals surface area contributed by atoms with Gasteiger partial charge in [0.05, 0.1) is 12.5 Å². The van der Waals surface area contributed by atoms with Crippen LogP contribution in [-0.4, -0.2) is 154 Å². The molecule has 1 aromatic heterocycles. The summed E-state index contributed by atoms with van der Waals surface area (Å²) in [4.78, 5) is 156. The molecule has 0 unspecified atom stereocenters. The average Bonchev–Trinajstić information content (AvgIpc) is 4.14. The van der Waals surface area contributed by atoms with E-state index in [9.17, 15) is 63.0 Å². The number of benzene rings is 3. The second-order valence-corrected chi connectivity index (χ2v) is 22.1. The van der Waals surface area contributed by atoms with Crippen molar-refractivity contribution in [3.05, 3.63) is 102 Å². The number of phenolic OH excluding ortho intramolecular Hbond substituents is 1. The number of amides is 12. The number of nitrogens with two attached hydrogens (primary N) is 3. The van der Waals surface area contributed by atoms with Crippen molar-refractivity contribution < 1.29 is 63.0 Å². The summed E-state index contributed by atoms with van der Waals surface area (Å²) in [6.45, 7) is 9.62. The number of aromatic nitrogens is 1. The molecule has 29 nitrogen and oxygen atoms in total. The highest BCUT2D eigenvalue weighted by Crippen LogP contribution is 2.20. The van der Waals surface area contributed by atoms with E-state index in [-0.39, 0.29) is 75.0 Å². The Bertz CT molecular complexity index is 3080. The molecular weight excluding hydrogens is 1140 g/mol. The number of nitrogens with zero attached hydrogens (tertiary/aromatic N) is 1. The van der Waals surface area contributed by atoms with Gasteiger partial charge in [-0.2, -0.15) is 0 Å². The Kier molecular flexibility index (Phi) is 28.1. The Morgan fingerprint density at radius 2 is 1.06 bits per heavy atom. The quantitative estimate of drug-likeness (QED) is 0.0108. The molecule has 0 fully saturated rings. The predicted molar refractivity (Wildman–Crippen MR) is 325 cm³/mol. The van der Waals surface area contributed by atoms with Crippen molar-refractivity contribution in [2.24, 2.45) is 34.0 Å². The van der Waals surface area contributed by atoms with Gasteiger partial charge in [0.25, 0.3) is 5.91 Å². The van der Waals surface area contributed by atoms with E-state index in [0.29, 0.717) is 16.7 Å². The first-order valence-corrected chi connectivity index (χ1v) is 28.7. The number of aliphatic hydroxyl groups is 1. The lowest BCUT2D eigenvalue weighted by Crippen LogP contribution is -2.62. The van der Waals surface area contributed by atoms with Crippen molar-refractivity contribution in [3.8, 4) is 5.75 Å². The second-order valence-electron chi connectivity index (χ2n) is 22.1. The smallest absolute Gasteiger partial charge is 0.334 e. The average molecular weight is 1230 g/mol. The van der Waals surface area contributed by atoms with Gasteiger partial charge in [-0.1, -0.05) is 88.4 Å². The molecule has 0 aliphatic rings. The predicted octanol–water partition coefficient (Wildman–Crippen LogP) is -1.84. The maximum Gasteiger partial charge on any atom is 0.334 e. The first-order chi connectivity index (χ1) is 41.6. The first-order valence-electron chi connectivity index (χ1n) is 28.7. The monoisotopic (exact) mass is 1220 g/mol. The molecule has 12 amide bonds. The molecule has 3 aromatic carbocycles. The van der Waals surface area contributed by atoms with Gasteiger partial charge >= 0.3 is 6.03 Å². The van der Waals surface area contributed by atoms with Crippen LogP contribution in [0, 0.1) is 11.8 Å². The van der Waals surface area contributed by atoms with Gasteiger partial charge in [-0.3, -0.25) is 58.4 Å². The minimum absolute atomic E-state index is 0.00390. The molecule has 4 rings (SSSR count). The number of guanidine groups is 1. The number of nitrogens with one attached hydrogen (secondary N) is 12. The van der Waals surface area contributed by atoms with Gasteiger partial charge in [0, 0.05) is 56.9 Å². The second kappa shape index (κ2) is 35.0. The topological polar surface area (TPSA) is 467 Å². The molecule has 478 valence electrons. The summed E-state index contributed by atoms with van der Waals surface area (Å²) >= 11 is 0. The Balaban J connectivity index is 1.49. The number of hydrogen-bond acceptors (Lipinski definition) is 14. The van der Waals surface area contributed by atoms with Crippen molar-refractivity contribution in [2.45, 2.75) is 147 Å². The lowest BCUT2D eigenvalue weighted by atomic mass is 10.00. The number of aliphatic imine (C=N–C) groups is 1. The number of urea groups is 1. The number of para-hydroxylation sites is 1. The molecule has 20 N–H and O–H groups in total. The van der Waals surface area contributed by atoms with E-state index < -0.39 is 126 Å². The van der Waals surface area contributed by atoms with Gasteiger partial charge in [0.15, 0.2) is 5.96 Å². The van der Waals surface area contributed by atoms with Gasteiger partial charge in [-0.15, -0.1) is 0 Å². The molecule has 0 radical (unpaired) electrons. The number of hydrogen-bond donors (Lipinski definition) is 17. The summed E-state index contributed by atoms with van der Waals surface area (Å²) in [5.41, 5.74) is 24.0. The molecule has 4 aromatic rings. The molecule has 29 heteroatoms. The van der Waals surface area contributed by atoms with Gasteiger partial charge in [0.1, 0.15) is 54.1 Å². The van der Waals surface area contributed by atoms with E-state index in [0.717, 1.165) is 17.8 Å². The Hall–Kier alpha value is -9.80. The molecule has 9 atom stereocenters. The molecule has 0 saturated heterocycles. The number of H-pyrrole nitrogens is 1. The fourth-order valence-corrected chi connectivity index (χ4v) is 9.22. The summed E-state index contributed by atoms with van der Waals surface area (Å²) in [5.74, 6) is -9.43. The molecule has 0 spiro atoms. The van der Waals surface area contributed by atoms with Crippen LogP contribution in [0.5, 0.6) is 5.75 Å². The lowest BCUT2D eigenvalue weighted by Gasteiger charge is -2.28. The van der Waals surface area contributed by atoms with Crippen molar-refractivity contribution in [1.82, 2.24) is 63.7 Å². The van der Waals surface area contributed by atoms with Crippen LogP contribution in [0.4, 0.5) is 4.79 Å². The normalized spacial score (nSPS) is 14.4. The fraction of sp³-hybridized carbons (Fsp3) is 0.458. The number of fused-ring (bicyclic) bond motifs is 1. The lowest BCUT2D eigenvalue weighted by molar-refractivity contribution is -0.137. The Morgan fingerprint density at radius 1 is 0.545 bits per heavy atom. The van der Waals surface area contributed by atoms with Gasteiger partial charge in [0.2, 0.25) is 53.2 Å². The number of carbonyl (C=O) groups is 11. The highest BCUT2D eigenvalue weighted by atomic mass is 16.3. The van der Waals surface area contributed by atoms with E-state index in [1.54, 1.807) is 76.4 Å². The first kappa shape index (κ1) is 70.7. The molecule has 0 bridgehead atoms. The zero-order valence-corrected chi connectivity index (χ0v) is 50.4. The van der Waals surface area contributed by atoms with Crippen LogP contribution in [0.25, 0.3) is 10.9 Å². The summed E-state index contributed by atoms with van der Waals surface area (Å²) in [7, 11) is 1.48. The number of phenols is 1. The summed E-state index contributed by atoms with van der Waals surface area (Å²) in [6, 6.07) is 8.87. The van der Waals surface area contributed by atoms with Crippen LogP contribution in [0.15, 0.2) is 90.1 Å². The number of carbonyl (C=O) groups excluding carboxylic acids is 11. The SMILES string of the molecule is CN=C(N)NCCC[C@H](NC(=O)[C@H](CC(C)C)NC(=O)NNC(=O)[C@H](Cc1ccccc1)NC(=O)[C@@H](NC(=O)[C@H](CC(N)=O)NC(=O)[C@@H](CC(C)C)NC(=O)[C@@H](Cc1ccc(O)cc1)NC(C)=O)[C@@H](C)O)C(=O)N[C@@H](Cc1c[nH]c2ccccc12)C(N)=O. The third-order valence-electron chi connectivity index (χ3n) is 13.7. The third-order valence-corrected chi connectivity index (χ3v) is 13.7. The highest BCUT2D eigenvalue weighted by molar-refractivity contribution is 5.99. The van der Waals surface area contributed by atoms with Crippen molar-refractivity contribution in [2.75, 3.05) is 13.6 Å². The van der Waals surface area contributed by atoms with Crippen LogP contribution >= 0.6 is 0 Å². The van der Waals surface area contributed by atoms with Crippen LogP contribution < -0.4 is 75.9 Å². The number of aromatic hydroxyl groups is 1. The minimum atomic E-state index is -1.87. The van der Waals surface area contributed by atoms with Crippen molar-refractivity contribution in [3.63, 3.8) is 0 Å². The van der Waals surface area contributed by atoms with E-state index in [4.69, 9.17) is 17.2 Å². The van der Waals surface area contributed by atoms with Crippen molar-refractivity contribution in [1.29, 1.82) is 0 Å². The minimum Gasteiger partial charge on any atom is -0.508 e. The van der Waals surface area contributed by atoms with E-state index in [2.05, 4.69) is 68.7 Å². The van der Waals surface area contributed by atoms with Gasteiger partial charge < -0.3 is 80.2 Å². The van der Waals surface area contributed by atoms with Crippen LogP contribution in [0.1, 0.15) is 90.3 Å². The van der Waals surface area contributed by atoms with Gasteiger partial charge in [-0.25, -0.2) is 10.2 Å². The highest BCUT2D eigenvalue weighted by Gasteiger charge is 2.36. The zero-order valence-electron chi connectivity index (χ0n) is 50.4. The van der Waals surface area contributed by atoms with E-state index in [1.165, 1.54) is 26.1 Å². The number of primary amides is 2. The number of aromatic amines is 1. The molecule has 0 aliphatic carbocycles. The van der Waals surface area contributed by atoms with Crippen LogP contribution in [0.2, 0.25) is 0 Å². The maximum absolute atomic E-state index is 14.1. The standard InChI is InChI=1S/C59H84N16O13/c1-31(2)24-43(69-54(84)45(66-34(6)77)27-36-19-21-38(78)22-20-36)52(82)70-47(29-48(60)79)55(85)73-49(33(5)76)57(87)71-46(26-35-14-9-8-10-15-35)56(86)74-75-59(88)72-44(25-32(3)4)53(83)67-41(18-13-23-64-58(62)63-7)51(81)68-42(50(61)80)28-37-30-65-40-17-12-11-16-39(37)40/h8-12,14-17,19-22,30-33,41-47,49,65,76,78H,13,18,23-29H2,1-7H3,(H2,60,79)(H2,61,80)(H,66,77)(H,67,83)(H,68,81)(H,69,84)(H,70,82)(H,71,87)(H,73,85)(H,74,86)(H3,62,63,64)(H2,72,75,88)/t33-,41+,42+,43-,44+,45-,46+,47+,49+/m1/s1. The molecule has 0 saturated carbocycles.